The second kappa shape index (κ2) is 6.40. The van der Waals surface area contributed by atoms with Gasteiger partial charge in [-0.25, -0.2) is 4.79 Å². The molecule has 1 heterocycles. The second-order valence-electron chi connectivity index (χ2n) is 8.37. The van der Waals surface area contributed by atoms with Crippen LogP contribution in [0.4, 0.5) is 4.79 Å². The molecule has 2 amide bonds. The molecule has 0 saturated heterocycles. The Labute approximate surface area is 145 Å². The van der Waals surface area contributed by atoms with Gasteiger partial charge in [0.1, 0.15) is 0 Å². The standard InChI is InChI=1S/C20H30N2O2/c1-13-5-4-9-20(2,3)17(13)18(23)15-6-7-16-12-22(19(21)24)10-8-14(16)11-15/h6-7,11,13,17-18,23H,4-5,8-10,12H2,1-3H3,(H2,21,24)/t13-,17+,18?/m0/s1. The van der Waals surface area contributed by atoms with Crippen molar-refractivity contribution < 1.29 is 9.90 Å². The van der Waals surface area contributed by atoms with Crippen LogP contribution in [-0.4, -0.2) is 22.6 Å². The van der Waals surface area contributed by atoms with E-state index in [2.05, 4.69) is 32.9 Å². The highest BCUT2D eigenvalue weighted by Crippen LogP contribution is 2.49. The van der Waals surface area contributed by atoms with E-state index >= 15 is 0 Å². The van der Waals surface area contributed by atoms with Crippen LogP contribution in [0.1, 0.15) is 62.8 Å². The molecule has 1 fully saturated rings. The summed E-state index contributed by atoms with van der Waals surface area (Å²) in [5.74, 6) is 0.820. The summed E-state index contributed by atoms with van der Waals surface area (Å²) >= 11 is 0. The molecule has 3 atom stereocenters. The molecule has 3 rings (SSSR count). The van der Waals surface area contributed by atoms with Crippen LogP contribution in [-0.2, 0) is 13.0 Å². The van der Waals surface area contributed by atoms with E-state index in [9.17, 15) is 9.90 Å². The summed E-state index contributed by atoms with van der Waals surface area (Å²) in [6, 6.07) is 5.88. The Morgan fingerprint density at radius 2 is 2.12 bits per heavy atom. The van der Waals surface area contributed by atoms with Crippen molar-refractivity contribution in [2.45, 2.75) is 59.1 Å². The minimum atomic E-state index is -0.422. The SMILES string of the molecule is C[C@H]1CCCC(C)(C)[C@H]1C(O)c1ccc2c(c1)CCN(C(N)=O)C2. The van der Waals surface area contributed by atoms with Crippen LogP contribution in [0.15, 0.2) is 18.2 Å². The van der Waals surface area contributed by atoms with E-state index in [1.165, 1.54) is 24.8 Å². The van der Waals surface area contributed by atoms with Crippen molar-refractivity contribution in [1.82, 2.24) is 4.90 Å². The Kier molecular flexibility index (Phi) is 4.60. The number of carbonyl (C=O) groups excluding carboxylic acids is 1. The van der Waals surface area contributed by atoms with E-state index in [4.69, 9.17) is 5.73 Å². The molecule has 1 saturated carbocycles. The largest absolute Gasteiger partial charge is 0.388 e. The first-order valence-electron chi connectivity index (χ1n) is 9.14. The van der Waals surface area contributed by atoms with Gasteiger partial charge >= 0.3 is 6.03 Å². The number of aliphatic hydroxyl groups excluding tert-OH is 1. The number of carbonyl (C=O) groups is 1. The summed E-state index contributed by atoms with van der Waals surface area (Å²) in [4.78, 5) is 13.0. The molecule has 132 valence electrons. The zero-order chi connectivity index (χ0) is 17.5. The Morgan fingerprint density at radius 3 is 2.79 bits per heavy atom. The topological polar surface area (TPSA) is 66.6 Å². The lowest BCUT2D eigenvalue weighted by Gasteiger charge is -2.45. The maximum atomic E-state index is 11.4. The number of amides is 2. The highest BCUT2D eigenvalue weighted by atomic mass is 16.3. The fourth-order valence-corrected chi connectivity index (χ4v) is 4.89. The highest BCUT2D eigenvalue weighted by molar-refractivity contribution is 5.72. The van der Waals surface area contributed by atoms with E-state index in [0.29, 0.717) is 19.0 Å². The number of nitrogens with two attached hydrogens (primary N) is 1. The zero-order valence-electron chi connectivity index (χ0n) is 15.1. The zero-order valence-corrected chi connectivity index (χ0v) is 15.1. The third-order valence-electron chi connectivity index (χ3n) is 6.23. The van der Waals surface area contributed by atoms with Crippen LogP contribution in [0.5, 0.6) is 0 Å². The van der Waals surface area contributed by atoms with Gasteiger partial charge in [0, 0.05) is 13.1 Å². The Hall–Kier alpha value is -1.55. The number of benzene rings is 1. The van der Waals surface area contributed by atoms with Gasteiger partial charge < -0.3 is 15.7 Å². The first-order chi connectivity index (χ1) is 11.3. The van der Waals surface area contributed by atoms with Gasteiger partial charge in [0.2, 0.25) is 0 Å². The van der Waals surface area contributed by atoms with Crippen LogP contribution in [0.2, 0.25) is 0 Å². The Morgan fingerprint density at radius 1 is 1.38 bits per heavy atom. The number of nitrogens with zero attached hydrogens (tertiary/aromatic N) is 1. The number of urea groups is 1. The average molecular weight is 330 g/mol. The molecule has 0 aromatic heterocycles. The number of aliphatic hydroxyl groups is 1. The molecule has 0 spiro atoms. The summed E-state index contributed by atoms with van der Waals surface area (Å²) in [5.41, 5.74) is 8.96. The van der Waals surface area contributed by atoms with E-state index < -0.39 is 6.10 Å². The fraction of sp³-hybridized carbons (Fsp3) is 0.650. The van der Waals surface area contributed by atoms with Crippen molar-refractivity contribution >= 4 is 6.03 Å². The van der Waals surface area contributed by atoms with Crippen LogP contribution < -0.4 is 5.73 Å². The third-order valence-corrected chi connectivity index (χ3v) is 6.23. The van der Waals surface area contributed by atoms with Gasteiger partial charge in [0.05, 0.1) is 6.10 Å². The number of primary amides is 1. The van der Waals surface area contributed by atoms with Crippen molar-refractivity contribution in [3.63, 3.8) is 0 Å². The van der Waals surface area contributed by atoms with Gasteiger partial charge in [-0.1, -0.05) is 51.8 Å². The quantitative estimate of drug-likeness (QED) is 0.870. The molecule has 1 aliphatic heterocycles. The number of hydrogen-bond acceptors (Lipinski definition) is 2. The highest BCUT2D eigenvalue weighted by Gasteiger charge is 2.41. The molecule has 0 bridgehead atoms. The van der Waals surface area contributed by atoms with E-state index in [1.54, 1.807) is 4.90 Å². The lowest BCUT2D eigenvalue weighted by Crippen LogP contribution is -2.40. The molecule has 1 aromatic carbocycles. The van der Waals surface area contributed by atoms with Crippen LogP contribution in [0.3, 0.4) is 0 Å². The van der Waals surface area contributed by atoms with Crippen molar-refractivity contribution in [3.8, 4) is 0 Å². The van der Waals surface area contributed by atoms with Crippen molar-refractivity contribution in [2.24, 2.45) is 23.0 Å². The van der Waals surface area contributed by atoms with Crippen LogP contribution in [0, 0.1) is 17.3 Å². The average Bonchev–Trinajstić information content (AvgIpc) is 2.52. The van der Waals surface area contributed by atoms with E-state index in [0.717, 1.165) is 17.5 Å². The first kappa shape index (κ1) is 17.3. The maximum Gasteiger partial charge on any atom is 0.315 e. The minimum absolute atomic E-state index is 0.162. The predicted octanol–water partition coefficient (Wildman–Crippen LogP) is 3.62. The number of fused-ring (bicyclic) bond motifs is 1. The summed E-state index contributed by atoms with van der Waals surface area (Å²) in [5, 5.41) is 11.1. The molecule has 4 heteroatoms. The molecule has 1 unspecified atom stereocenters. The van der Waals surface area contributed by atoms with Gasteiger partial charge in [-0.05, 0) is 46.8 Å². The normalized spacial score (nSPS) is 27.4. The molecule has 0 radical (unpaired) electrons. The summed E-state index contributed by atoms with van der Waals surface area (Å²) in [6.07, 6.45) is 4.02. The minimum Gasteiger partial charge on any atom is -0.388 e. The summed E-state index contributed by atoms with van der Waals surface area (Å²) < 4.78 is 0. The Balaban J connectivity index is 1.84. The molecular weight excluding hydrogens is 300 g/mol. The summed E-state index contributed by atoms with van der Waals surface area (Å²) in [7, 11) is 0. The van der Waals surface area contributed by atoms with Gasteiger partial charge in [0.25, 0.3) is 0 Å². The van der Waals surface area contributed by atoms with Gasteiger partial charge in [-0.3, -0.25) is 0 Å². The number of hydrogen-bond donors (Lipinski definition) is 2. The number of rotatable bonds is 2. The smallest absolute Gasteiger partial charge is 0.315 e. The van der Waals surface area contributed by atoms with Crippen molar-refractivity contribution in [1.29, 1.82) is 0 Å². The van der Waals surface area contributed by atoms with Crippen molar-refractivity contribution in [2.75, 3.05) is 6.54 Å². The van der Waals surface area contributed by atoms with Crippen LogP contribution in [0.25, 0.3) is 0 Å². The lowest BCUT2D eigenvalue weighted by atomic mass is 9.61. The molecule has 1 aromatic rings. The molecule has 1 aliphatic carbocycles. The van der Waals surface area contributed by atoms with E-state index in [1.807, 2.05) is 6.07 Å². The summed E-state index contributed by atoms with van der Waals surface area (Å²) in [6.45, 7) is 8.09. The predicted molar refractivity (Wildman–Crippen MR) is 95.4 cm³/mol. The Bertz CT molecular complexity index is 626. The molecule has 3 N–H and O–H groups in total. The second-order valence-corrected chi connectivity index (χ2v) is 8.37. The first-order valence-corrected chi connectivity index (χ1v) is 9.14. The van der Waals surface area contributed by atoms with Gasteiger partial charge in [-0.2, -0.15) is 0 Å². The molecule has 2 aliphatic rings. The fourth-order valence-electron chi connectivity index (χ4n) is 4.89. The van der Waals surface area contributed by atoms with Crippen molar-refractivity contribution in [3.05, 3.63) is 34.9 Å². The lowest BCUT2D eigenvalue weighted by molar-refractivity contribution is -0.0293. The third kappa shape index (κ3) is 3.16. The molecule has 4 nitrogen and oxygen atoms in total. The van der Waals surface area contributed by atoms with Gasteiger partial charge in [0.15, 0.2) is 0 Å². The molecular formula is C20H30N2O2. The maximum absolute atomic E-state index is 11.4. The monoisotopic (exact) mass is 330 g/mol. The molecule has 24 heavy (non-hydrogen) atoms. The van der Waals surface area contributed by atoms with E-state index in [-0.39, 0.29) is 17.4 Å². The van der Waals surface area contributed by atoms with Gasteiger partial charge in [-0.15, -0.1) is 0 Å². The van der Waals surface area contributed by atoms with Crippen LogP contribution >= 0.6 is 0 Å².